The van der Waals surface area contributed by atoms with Crippen LogP contribution in [0.1, 0.15) is 11.7 Å². The monoisotopic (exact) mass is 168 g/mol. The van der Waals surface area contributed by atoms with Gasteiger partial charge in [-0.25, -0.2) is 0 Å². The van der Waals surface area contributed by atoms with Crippen molar-refractivity contribution in [3.8, 4) is 0 Å². The van der Waals surface area contributed by atoms with Crippen LogP contribution in [-0.2, 0) is 17.3 Å². The van der Waals surface area contributed by atoms with Crippen molar-refractivity contribution < 1.29 is 8.95 Å². The molecule has 0 spiro atoms. The van der Waals surface area contributed by atoms with E-state index in [9.17, 15) is 0 Å². The van der Waals surface area contributed by atoms with Gasteiger partial charge in [0.1, 0.15) is 6.10 Å². The van der Waals surface area contributed by atoms with Crippen LogP contribution in [0.5, 0.6) is 0 Å². The van der Waals surface area contributed by atoms with Gasteiger partial charge in [-0.3, -0.25) is 0 Å². The van der Waals surface area contributed by atoms with Gasteiger partial charge in [-0.15, -0.1) is 0 Å². The van der Waals surface area contributed by atoms with Crippen LogP contribution < -0.4 is 0 Å². The van der Waals surface area contributed by atoms with E-state index < -0.39 is 0 Å². The van der Waals surface area contributed by atoms with Crippen LogP contribution >= 0.6 is 0 Å². The maximum absolute atomic E-state index is 7.83. The summed E-state index contributed by atoms with van der Waals surface area (Å²) in [5, 5.41) is 0. The van der Waals surface area contributed by atoms with Crippen molar-refractivity contribution >= 4 is 12.5 Å². The Labute approximate surface area is 70.7 Å². The van der Waals surface area contributed by atoms with E-state index in [2.05, 4.69) is 24.7 Å². The number of hydrogen-bond donors (Lipinski definition) is 0. The van der Waals surface area contributed by atoms with E-state index in [1.807, 2.05) is 18.2 Å². The van der Waals surface area contributed by atoms with Crippen LogP contribution in [0.25, 0.3) is 0 Å². The predicted molar refractivity (Wildman–Crippen MR) is 43.3 cm³/mol. The molecule has 0 N–H and O–H groups in total. The van der Waals surface area contributed by atoms with Gasteiger partial charge in [0.15, 0.2) is 12.5 Å². The first-order valence-electron chi connectivity index (χ1n) is 3.30. The normalized spacial score (nSPS) is 19.8. The van der Waals surface area contributed by atoms with E-state index in [-0.39, 0.29) is 0 Å². The van der Waals surface area contributed by atoms with Gasteiger partial charge in [-0.1, -0.05) is 30.3 Å². The van der Waals surface area contributed by atoms with E-state index in [1.165, 1.54) is 5.56 Å². The zero-order valence-corrected chi connectivity index (χ0v) is 6.71. The second kappa shape index (κ2) is 4.16. The number of benzene rings is 1. The molecule has 3 heteroatoms. The second-order valence-electron chi connectivity index (χ2n) is 2.23. The molecule has 2 rings (SSSR count). The molecule has 0 bridgehead atoms. The van der Waals surface area contributed by atoms with Crippen LogP contribution in [0.4, 0.5) is 0 Å². The van der Waals surface area contributed by atoms with Crippen LogP contribution in [0.3, 0.4) is 0 Å². The van der Waals surface area contributed by atoms with Gasteiger partial charge in [0.05, 0.1) is 6.61 Å². The first kappa shape index (κ1) is 8.30. The summed E-state index contributed by atoms with van der Waals surface area (Å²) in [7, 11) is 0. The Bertz CT molecular complexity index is 209. The summed E-state index contributed by atoms with van der Waals surface area (Å²) in [6.45, 7) is 0.907. The Morgan fingerprint density at radius 2 is 1.82 bits per heavy atom. The number of ether oxygens (including phenoxy) is 1. The summed E-state index contributed by atoms with van der Waals surface area (Å²) in [6.07, 6.45) is 0.409. The molecule has 1 saturated heterocycles. The molecule has 1 atom stereocenters. The van der Waals surface area contributed by atoms with Crippen molar-refractivity contribution in [3.63, 3.8) is 0 Å². The van der Waals surface area contributed by atoms with Crippen LogP contribution in [0.15, 0.2) is 30.3 Å². The maximum atomic E-state index is 7.83. The first-order chi connectivity index (χ1) is 5.47. The lowest BCUT2D eigenvalue weighted by atomic mass is 10.2. The van der Waals surface area contributed by atoms with E-state index >= 15 is 0 Å². The molecule has 1 aromatic rings. The van der Waals surface area contributed by atoms with E-state index in [4.69, 9.17) is 8.95 Å². The van der Waals surface area contributed by atoms with Crippen molar-refractivity contribution in [2.24, 2.45) is 0 Å². The summed E-state index contributed by atoms with van der Waals surface area (Å²) in [5.74, 6) is 0. The van der Waals surface area contributed by atoms with E-state index in [1.54, 1.807) is 0 Å². The highest BCUT2D eigenvalue weighted by molar-refractivity contribution is 7.44. The molecule has 0 amide bonds. The standard InChI is InChI=1S/C8H8O.OS/c1-2-4-7(5-3-1)8-6-9-8;1-2/h1-5,8H,6H2;. The molecule has 1 heterocycles. The summed E-state index contributed by atoms with van der Waals surface area (Å²) < 4.78 is 12.9. The third-order valence-corrected chi connectivity index (χ3v) is 1.50. The zero-order valence-electron chi connectivity index (χ0n) is 5.90. The number of rotatable bonds is 1. The predicted octanol–water partition coefficient (Wildman–Crippen LogP) is 1.42. The van der Waals surface area contributed by atoms with Crippen molar-refractivity contribution in [1.82, 2.24) is 0 Å². The summed E-state index contributed by atoms with van der Waals surface area (Å²) in [6, 6.07) is 10.3. The lowest BCUT2D eigenvalue weighted by molar-refractivity contribution is 0.415. The third-order valence-electron chi connectivity index (χ3n) is 1.50. The van der Waals surface area contributed by atoms with Crippen molar-refractivity contribution in [2.75, 3.05) is 6.61 Å². The quantitative estimate of drug-likeness (QED) is 0.594. The molecular formula is C8H8O2S. The van der Waals surface area contributed by atoms with E-state index in [0.717, 1.165) is 6.61 Å². The van der Waals surface area contributed by atoms with E-state index in [0.29, 0.717) is 6.10 Å². The first-order valence-corrected chi connectivity index (χ1v) is 3.63. The average molecular weight is 168 g/mol. The van der Waals surface area contributed by atoms with Gasteiger partial charge in [0.2, 0.25) is 0 Å². The minimum absolute atomic E-state index is 0.409. The minimum atomic E-state index is 0.409. The second-order valence-corrected chi connectivity index (χ2v) is 2.23. The van der Waals surface area contributed by atoms with Gasteiger partial charge in [0, 0.05) is 0 Å². The highest BCUT2D eigenvalue weighted by atomic mass is 32.1. The lowest BCUT2D eigenvalue weighted by Crippen LogP contribution is -1.75. The van der Waals surface area contributed by atoms with Crippen molar-refractivity contribution in [3.05, 3.63) is 35.9 Å². The minimum Gasteiger partial charge on any atom is -0.368 e. The molecule has 0 saturated carbocycles. The molecule has 0 aliphatic carbocycles. The maximum Gasteiger partial charge on any atom is 0.197 e. The fourth-order valence-electron chi connectivity index (χ4n) is 0.908. The SMILES string of the molecule is O=S.c1ccc(C2CO2)cc1. The molecule has 11 heavy (non-hydrogen) atoms. The molecule has 1 aromatic carbocycles. The van der Waals surface area contributed by atoms with Gasteiger partial charge in [0.25, 0.3) is 0 Å². The molecular weight excluding hydrogens is 160 g/mol. The number of hydrogen-bond acceptors (Lipinski definition) is 3. The van der Waals surface area contributed by atoms with Crippen LogP contribution in [0, 0.1) is 0 Å². The molecule has 1 aliphatic rings. The van der Waals surface area contributed by atoms with Crippen molar-refractivity contribution in [1.29, 1.82) is 0 Å². The highest BCUT2D eigenvalue weighted by Gasteiger charge is 2.23. The lowest BCUT2D eigenvalue weighted by Gasteiger charge is -1.89. The Kier molecular flexibility index (Phi) is 3.14. The van der Waals surface area contributed by atoms with Crippen LogP contribution in [-0.4, -0.2) is 10.8 Å². The fourth-order valence-corrected chi connectivity index (χ4v) is 0.908. The smallest absolute Gasteiger partial charge is 0.197 e. The van der Waals surface area contributed by atoms with Gasteiger partial charge in [-0.05, 0) is 5.56 Å². The molecule has 0 aromatic heterocycles. The number of epoxide rings is 1. The van der Waals surface area contributed by atoms with Gasteiger partial charge < -0.3 is 4.74 Å². The summed E-state index contributed by atoms with van der Waals surface area (Å²) >= 11 is 2.83. The molecule has 1 fully saturated rings. The molecule has 58 valence electrons. The Morgan fingerprint density at radius 3 is 2.27 bits per heavy atom. The molecule has 1 aliphatic heterocycles. The van der Waals surface area contributed by atoms with Crippen LogP contribution in [0.2, 0.25) is 0 Å². The van der Waals surface area contributed by atoms with Gasteiger partial charge >= 0.3 is 0 Å². The molecule has 2 nitrogen and oxygen atoms in total. The Morgan fingerprint density at radius 1 is 1.27 bits per heavy atom. The zero-order chi connectivity index (χ0) is 8.10. The highest BCUT2D eigenvalue weighted by Crippen LogP contribution is 2.28. The summed E-state index contributed by atoms with van der Waals surface area (Å²) in [4.78, 5) is 0. The fraction of sp³-hybridized carbons (Fsp3) is 0.250. The largest absolute Gasteiger partial charge is 0.368 e. The topological polar surface area (TPSA) is 29.6 Å². The van der Waals surface area contributed by atoms with Crippen molar-refractivity contribution in [2.45, 2.75) is 6.10 Å². The summed E-state index contributed by atoms with van der Waals surface area (Å²) in [5.41, 5.74) is 1.30. The Hall–Kier alpha value is -0.800. The van der Waals surface area contributed by atoms with Gasteiger partial charge in [-0.2, -0.15) is 4.21 Å². The third kappa shape index (κ3) is 2.37. The molecule has 0 radical (unpaired) electrons. The average Bonchev–Trinajstić information content (AvgIpc) is 2.92. The molecule has 1 unspecified atom stereocenters. The Balaban J connectivity index is 0.000000281.